The van der Waals surface area contributed by atoms with E-state index >= 15 is 0 Å². The summed E-state index contributed by atoms with van der Waals surface area (Å²) in [6.45, 7) is 0. The second-order valence-electron chi connectivity index (χ2n) is 5.88. The molecule has 0 amide bonds. The molecule has 1 aliphatic carbocycles. The normalized spacial score (nSPS) is 15.5. The van der Waals surface area contributed by atoms with Crippen molar-refractivity contribution in [1.82, 2.24) is 19.5 Å². The maximum absolute atomic E-state index is 4.80. The zero-order valence-electron chi connectivity index (χ0n) is 12.7. The molecule has 0 saturated heterocycles. The highest BCUT2D eigenvalue weighted by Crippen LogP contribution is 2.28. The Kier molecular flexibility index (Phi) is 3.25. The first kappa shape index (κ1) is 13.2. The number of hydrogen-bond donors (Lipinski definition) is 1. The van der Waals surface area contributed by atoms with Crippen molar-refractivity contribution in [3.8, 4) is 11.4 Å². The molecular weight excluding hydrogens is 274 g/mol. The zero-order chi connectivity index (χ0) is 14.9. The van der Waals surface area contributed by atoms with E-state index in [9.17, 15) is 0 Å². The molecule has 112 valence electrons. The van der Waals surface area contributed by atoms with E-state index in [1.54, 1.807) is 6.33 Å². The molecule has 1 fully saturated rings. The van der Waals surface area contributed by atoms with Gasteiger partial charge in [-0.15, -0.1) is 0 Å². The number of benzene rings is 1. The lowest BCUT2D eigenvalue weighted by Gasteiger charge is -2.12. The van der Waals surface area contributed by atoms with Gasteiger partial charge in [-0.05, 0) is 12.8 Å². The van der Waals surface area contributed by atoms with Crippen molar-refractivity contribution in [1.29, 1.82) is 0 Å². The molecule has 0 unspecified atom stereocenters. The largest absolute Gasteiger partial charge is 0.365 e. The highest BCUT2D eigenvalue weighted by Gasteiger charge is 2.19. The first-order chi connectivity index (χ1) is 10.8. The minimum Gasteiger partial charge on any atom is -0.365 e. The Morgan fingerprint density at radius 3 is 2.64 bits per heavy atom. The number of aryl methyl sites for hydroxylation is 1. The van der Waals surface area contributed by atoms with E-state index < -0.39 is 0 Å². The van der Waals surface area contributed by atoms with Crippen LogP contribution in [0.3, 0.4) is 0 Å². The first-order valence-corrected chi connectivity index (χ1v) is 7.82. The molecular formula is C17H19N5. The van der Waals surface area contributed by atoms with Crippen molar-refractivity contribution in [2.24, 2.45) is 7.05 Å². The van der Waals surface area contributed by atoms with E-state index in [4.69, 9.17) is 4.98 Å². The second-order valence-corrected chi connectivity index (χ2v) is 5.88. The number of rotatable bonds is 3. The molecule has 0 spiro atoms. The van der Waals surface area contributed by atoms with Gasteiger partial charge in [0.15, 0.2) is 17.0 Å². The molecule has 0 aliphatic heterocycles. The molecule has 0 atom stereocenters. The van der Waals surface area contributed by atoms with Crippen LogP contribution in [-0.2, 0) is 7.05 Å². The number of aromatic nitrogens is 4. The van der Waals surface area contributed by atoms with Crippen LogP contribution < -0.4 is 5.32 Å². The van der Waals surface area contributed by atoms with Crippen molar-refractivity contribution in [3.63, 3.8) is 0 Å². The molecule has 1 saturated carbocycles. The SMILES string of the molecule is Cn1c(-c2ccccc2)nc2c(NC3CCCC3)ncnc21. The molecule has 1 N–H and O–H groups in total. The second kappa shape index (κ2) is 5.40. The lowest BCUT2D eigenvalue weighted by Crippen LogP contribution is -2.15. The van der Waals surface area contributed by atoms with Gasteiger partial charge in [-0.3, -0.25) is 0 Å². The number of fused-ring (bicyclic) bond motifs is 1. The Morgan fingerprint density at radius 2 is 1.86 bits per heavy atom. The number of anilines is 1. The Balaban J connectivity index is 1.80. The van der Waals surface area contributed by atoms with Gasteiger partial charge in [-0.2, -0.15) is 0 Å². The van der Waals surface area contributed by atoms with Gasteiger partial charge in [-0.1, -0.05) is 43.2 Å². The summed E-state index contributed by atoms with van der Waals surface area (Å²) >= 11 is 0. The number of nitrogens with zero attached hydrogens (tertiary/aromatic N) is 4. The van der Waals surface area contributed by atoms with Crippen molar-refractivity contribution in [2.75, 3.05) is 5.32 Å². The van der Waals surface area contributed by atoms with Crippen LogP contribution in [0.5, 0.6) is 0 Å². The molecule has 0 radical (unpaired) electrons. The van der Waals surface area contributed by atoms with E-state index in [2.05, 4.69) is 27.4 Å². The van der Waals surface area contributed by atoms with E-state index in [1.165, 1.54) is 25.7 Å². The van der Waals surface area contributed by atoms with Crippen LogP contribution in [-0.4, -0.2) is 25.6 Å². The third-order valence-corrected chi connectivity index (χ3v) is 4.38. The Hall–Kier alpha value is -2.43. The smallest absolute Gasteiger partial charge is 0.165 e. The van der Waals surface area contributed by atoms with Crippen molar-refractivity contribution in [2.45, 2.75) is 31.7 Å². The summed E-state index contributed by atoms with van der Waals surface area (Å²) < 4.78 is 2.03. The summed E-state index contributed by atoms with van der Waals surface area (Å²) in [6.07, 6.45) is 6.64. The van der Waals surface area contributed by atoms with Gasteiger partial charge in [0.1, 0.15) is 12.2 Å². The average molecular weight is 293 g/mol. The summed E-state index contributed by atoms with van der Waals surface area (Å²) in [5.41, 5.74) is 2.82. The molecule has 4 rings (SSSR count). The summed E-state index contributed by atoms with van der Waals surface area (Å²) in [6, 6.07) is 10.7. The molecule has 0 bridgehead atoms. The Morgan fingerprint density at radius 1 is 1.09 bits per heavy atom. The summed E-state index contributed by atoms with van der Waals surface area (Å²) in [4.78, 5) is 13.6. The van der Waals surface area contributed by atoms with Gasteiger partial charge in [0.25, 0.3) is 0 Å². The summed E-state index contributed by atoms with van der Waals surface area (Å²) in [5, 5.41) is 3.55. The number of imidazole rings is 1. The Labute approximate surface area is 129 Å². The fourth-order valence-corrected chi connectivity index (χ4v) is 3.21. The van der Waals surface area contributed by atoms with Crippen LogP contribution in [0.15, 0.2) is 36.7 Å². The molecule has 1 aromatic carbocycles. The quantitative estimate of drug-likeness (QED) is 0.804. The van der Waals surface area contributed by atoms with Gasteiger partial charge in [0.2, 0.25) is 0 Å². The van der Waals surface area contributed by atoms with Crippen LogP contribution >= 0.6 is 0 Å². The predicted molar refractivity (Wildman–Crippen MR) is 87.6 cm³/mol. The maximum Gasteiger partial charge on any atom is 0.165 e. The minimum atomic E-state index is 0.514. The highest BCUT2D eigenvalue weighted by molar-refractivity contribution is 5.86. The van der Waals surface area contributed by atoms with Crippen LogP contribution in [0.1, 0.15) is 25.7 Å². The van der Waals surface area contributed by atoms with Gasteiger partial charge < -0.3 is 9.88 Å². The van der Waals surface area contributed by atoms with E-state index in [0.717, 1.165) is 28.4 Å². The number of hydrogen-bond acceptors (Lipinski definition) is 4. The lowest BCUT2D eigenvalue weighted by atomic mass is 10.2. The van der Waals surface area contributed by atoms with Gasteiger partial charge >= 0.3 is 0 Å². The molecule has 22 heavy (non-hydrogen) atoms. The third-order valence-electron chi connectivity index (χ3n) is 4.38. The highest BCUT2D eigenvalue weighted by atomic mass is 15.2. The third kappa shape index (κ3) is 2.22. The molecule has 1 aliphatic rings. The first-order valence-electron chi connectivity index (χ1n) is 7.82. The van der Waals surface area contributed by atoms with Gasteiger partial charge in [0.05, 0.1) is 0 Å². The molecule has 5 nitrogen and oxygen atoms in total. The standard InChI is InChI=1S/C17H19N5/c1-22-16(12-7-3-2-4-8-12)21-14-15(18-11-19-17(14)22)20-13-9-5-6-10-13/h2-4,7-8,11,13H,5-6,9-10H2,1H3,(H,18,19,20). The van der Waals surface area contributed by atoms with Crippen LogP contribution in [0.2, 0.25) is 0 Å². The van der Waals surface area contributed by atoms with Crippen molar-refractivity contribution in [3.05, 3.63) is 36.7 Å². The van der Waals surface area contributed by atoms with Crippen LogP contribution in [0.25, 0.3) is 22.6 Å². The molecule has 5 heteroatoms. The van der Waals surface area contributed by atoms with Crippen molar-refractivity contribution >= 4 is 17.0 Å². The lowest BCUT2D eigenvalue weighted by molar-refractivity contribution is 0.751. The average Bonchev–Trinajstić information content (AvgIpc) is 3.18. The zero-order valence-corrected chi connectivity index (χ0v) is 12.7. The van der Waals surface area contributed by atoms with Gasteiger partial charge in [0, 0.05) is 18.7 Å². The molecule has 3 aromatic rings. The van der Waals surface area contributed by atoms with Crippen molar-refractivity contribution < 1.29 is 0 Å². The van der Waals surface area contributed by atoms with Crippen LogP contribution in [0, 0.1) is 0 Å². The summed E-state index contributed by atoms with van der Waals surface area (Å²) in [7, 11) is 2.00. The van der Waals surface area contributed by atoms with E-state index in [1.807, 2.05) is 29.8 Å². The number of nitrogens with one attached hydrogen (secondary N) is 1. The monoisotopic (exact) mass is 293 g/mol. The topological polar surface area (TPSA) is 55.6 Å². The molecule has 2 aromatic heterocycles. The van der Waals surface area contributed by atoms with E-state index in [-0.39, 0.29) is 0 Å². The fraction of sp³-hybridized carbons (Fsp3) is 0.353. The minimum absolute atomic E-state index is 0.514. The van der Waals surface area contributed by atoms with Gasteiger partial charge in [-0.25, -0.2) is 15.0 Å². The summed E-state index contributed by atoms with van der Waals surface area (Å²) in [5.74, 6) is 1.78. The van der Waals surface area contributed by atoms with E-state index in [0.29, 0.717) is 6.04 Å². The fourth-order valence-electron chi connectivity index (χ4n) is 3.21. The Bertz CT molecular complexity index is 787. The van der Waals surface area contributed by atoms with Crippen LogP contribution in [0.4, 0.5) is 5.82 Å². The predicted octanol–water partition coefficient (Wildman–Crippen LogP) is 3.38. The molecule has 2 heterocycles. The maximum atomic E-state index is 4.80.